The van der Waals surface area contributed by atoms with Crippen LogP contribution in [0, 0.1) is 6.92 Å². The van der Waals surface area contributed by atoms with Crippen LogP contribution in [-0.2, 0) is 14.8 Å². The second-order valence-electron chi connectivity index (χ2n) is 7.10. The largest absolute Gasteiger partial charge is 0.494 e. The van der Waals surface area contributed by atoms with Crippen molar-refractivity contribution in [3.8, 4) is 5.75 Å². The predicted octanol–water partition coefficient (Wildman–Crippen LogP) is 4.85. The first-order valence-electron chi connectivity index (χ1n) is 10.2. The Morgan fingerprint density at radius 2 is 1.72 bits per heavy atom. The molecule has 0 aliphatic rings. The molecule has 1 atom stereocenters. The zero-order chi connectivity index (χ0) is 23.1. The standard InChI is InChI=1S/C24H26N2O4S2/c1-4-30-22-15-14-20(16-17(22)2)32(28,29)26-18(3)24(27)25-21-12-8-9-13-23(21)31-19-10-6-5-7-11-19/h5-16,18,26H,4H2,1-3H3,(H,25,27)/t18-/m1/s1. The molecule has 0 aliphatic carbocycles. The highest BCUT2D eigenvalue weighted by molar-refractivity contribution is 7.99. The number of anilines is 1. The zero-order valence-electron chi connectivity index (χ0n) is 18.2. The lowest BCUT2D eigenvalue weighted by Crippen LogP contribution is -2.41. The summed E-state index contributed by atoms with van der Waals surface area (Å²) in [6.45, 7) is 5.65. The molecule has 0 spiro atoms. The number of para-hydroxylation sites is 1. The van der Waals surface area contributed by atoms with Crippen LogP contribution in [0.25, 0.3) is 0 Å². The van der Waals surface area contributed by atoms with Gasteiger partial charge in [-0.05, 0) is 68.8 Å². The highest BCUT2D eigenvalue weighted by Crippen LogP contribution is 2.33. The molecule has 3 aromatic rings. The summed E-state index contributed by atoms with van der Waals surface area (Å²) in [6.07, 6.45) is 0. The van der Waals surface area contributed by atoms with Gasteiger partial charge in [-0.1, -0.05) is 42.1 Å². The number of rotatable bonds is 9. The topological polar surface area (TPSA) is 84.5 Å². The van der Waals surface area contributed by atoms with Crippen LogP contribution in [0.1, 0.15) is 19.4 Å². The third kappa shape index (κ3) is 6.12. The molecule has 8 heteroatoms. The number of benzene rings is 3. The second-order valence-corrected chi connectivity index (χ2v) is 9.93. The molecule has 0 aliphatic heterocycles. The molecule has 0 unspecified atom stereocenters. The number of hydrogen-bond donors (Lipinski definition) is 2. The third-order valence-electron chi connectivity index (χ3n) is 4.60. The van der Waals surface area contributed by atoms with E-state index in [2.05, 4.69) is 10.0 Å². The molecule has 0 bridgehead atoms. The van der Waals surface area contributed by atoms with Gasteiger partial charge in [0, 0.05) is 9.79 Å². The van der Waals surface area contributed by atoms with Crippen molar-refractivity contribution in [2.24, 2.45) is 0 Å². The van der Waals surface area contributed by atoms with Crippen molar-refractivity contribution in [1.82, 2.24) is 4.72 Å². The highest BCUT2D eigenvalue weighted by Gasteiger charge is 2.23. The molecule has 3 rings (SSSR count). The van der Waals surface area contributed by atoms with Crippen molar-refractivity contribution in [3.05, 3.63) is 78.4 Å². The molecular formula is C24H26N2O4S2. The maximum atomic E-state index is 12.8. The molecule has 32 heavy (non-hydrogen) atoms. The number of aryl methyl sites for hydroxylation is 1. The van der Waals surface area contributed by atoms with Gasteiger partial charge in [0.05, 0.1) is 23.2 Å². The predicted molar refractivity (Wildman–Crippen MR) is 128 cm³/mol. The fourth-order valence-electron chi connectivity index (χ4n) is 2.98. The number of hydrogen-bond acceptors (Lipinski definition) is 5. The van der Waals surface area contributed by atoms with E-state index in [0.29, 0.717) is 23.6 Å². The quantitative estimate of drug-likeness (QED) is 0.467. The van der Waals surface area contributed by atoms with Gasteiger partial charge >= 0.3 is 0 Å². The van der Waals surface area contributed by atoms with Crippen LogP contribution in [-0.4, -0.2) is 27.0 Å². The second kappa shape index (κ2) is 10.7. The van der Waals surface area contributed by atoms with Crippen molar-refractivity contribution in [3.63, 3.8) is 0 Å². The van der Waals surface area contributed by atoms with E-state index in [1.165, 1.54) is 30.8 Å². The van der Waals surface area contributed by atoms with Crippen molar-refractivity contribution in [2.45, 2.75) is 41.5 Å². The number of sulfonamides is 1. The van der Waals surface area contributed by atoms with Crippen LogP contribution in [0.4, 0.5) is 5.69 Å². The summed E-state index contributed by atoms with van der Waals surface area (Å²) < 4.78 is 33.5. The lowest BCUT2D eigenvalue weighted by atomic mass is 10.2. The summed E-state index contributed by atoms with van der Waals surface area (Å²) >= 11 is 1.52. The molecule has 168 valence electrons. The number of amides is 1. The number of nitrogens with one attached hydrogen (secondary N) is 2. The van der Waals surface area contributed by atoms with Gasteiger partial charge in [0.1, 0.15) is 5.75 Å². The van der Waals surface area contributed by atoms with Crippen LogP contribution in [0.5, 0.6) is 5.75 Å². The van der Waals surface area contributed by atoms with E-state index in [1.807, 2.05) is 55.5 Å². The SMILES string of the molecule is CCOc1ccc(S(=O)(=O)N[C@H](C)C(=O)Nc2ccccc2Sc2ccccc2)cc1C. The van der Waals surface area contributed by atoms with E-state index in [9.17, 15) is 13.2 Å². The molecule has 0 radical (unpaired) electrons. The number of carbonyl (C=O) groups is 1. The Morgan fingerprint density at radius 3 is 2.41 bits per heavy atom. The van der Waals surface area contributed by atoms with E-state index >= 15 is 0 Å². The van der Waals surface area contributed by atoms with E-state index in [4.69, 9.17) is 4.74 Å². The van der Waals surface area contributed by atoms with Gasteiger partial charge in [-0.2, -0.15) is 4.72 Å². The lowest BCUT2D eigenvalue weighted by Gasteiger charge is -2.17. The van der Waals surface area contributed by atoms with Crippen molar-refractivity contribution < 1.29 is 17.9 Å². The van der Waals surface area contributed by atoms with Crippen LogP contribution in [0.3, 0.4) is 0 Å². The van der Waals surface area contributed by atoms with Crippen molar-refractivity contribution in [1.29, 1.82) is 0 Å². The van der Waals surface area contributed by atoms with E-state index in [0.717, 1.165) is 9.79 Å². The summed E-state index contributed by atoms with van der Waals surface area (Å²) in [5.74, 6) is 0.183. The molecule has 3 aromatic carbocycles. The fraction of sp³-hybridized carbons (Fsp3) is 0.208. The lowest BCUT2D eigenvalue weighted by molar-refractivity contribution is -0.117. The number of carbonyl (C=O) groups excluding carboxylic acids is 1. The first kappa shape index (κ1) is 23.8. The minimum Gasteiger partial charge on any atom is -0.494 e. The van der Waals surface area contributed by atoms with E-state index in [1.54, 1.807) is 19.1 Å². The summed E-state index contributed by atoms with van der Waals surface area (Å²) in [4.78, 5) is 14.7. The Balaban J connectivity index is 1.71. The third-order valence-corrected chi connectivity index (χ3v) is 7.22. The van der Waals surface area contributed by atoms with Crippen LogP contribution in [0.2, 0.25) is 0 Å². The van der Waals surface area contributed by atoms with E-state index < -0.39 is 22.0 Å². The smallest absolute Gasteiger partial charge is 0.242 e. The Labute approximate surface area is 193 Å². The van der Waals surface area contributed by atoms with Crippen LogP contribution in [0.15, 0.2) is 87.5 Å². The van der Waals surface area contributed by atoms with Gasteiger partial charge in [-0.15, -0.1) is 0 Å². The summed E-state index contributed by atoms with van der Waals surface area (Å²) in [6, 6.07) is 20.9. The molecule has 0 saturated heterocycles. The maximum absolute atomic E-state index is 12.8. The van der Waals surface area contributed by atoms with Crippen LogP contribution < -0.4 is 14.8 Å². The molecule has 0 aromatic heterocycles. The van der Waals surface area contributed by atoms with Gasteiger partial charge in [0.15, 0.2) is 0 Å². The van der Waals surface area contributed by atoms with Gasteiger partial charge in [-0.3, -0.25) is 4.79 Å². The molecule has 0 saturated carbocycles. The first-order chi connectivity index (χ1) is 15.3. The monoisotopic (exact) mass is 470 g/mol. The normalized spacial score (nSPS) is 12.2. The Hall–Kier alpha value is -2.81. The first-order valence-corrected chi connectivity index (χ1v) is 12.5. The minimum atomic E-state index is -3.88. The van der Waals surface area contributed by atoms with Gasteiger partial charge in [0.25, 0.3) is 0 Å². The van der Waals surface area contributed by atoms with Crippen LogP contribution >= 0.6 is 11.8 Å². The molecule has 1 amide bonds. The average Bonchev–Trinajstić information content (AvgIpc) is 2.77. The van der Waals surface area contributed by atoms with Crippen molar-refractivity contribution in [2.75, 3.05) is 11.9 Å². The maximum Gasteiger partial charge on any atom is 0.242 e. The summed E-state index contributed by atoms with van der Waals surface area (Å²) in [7, 11) is -3.88. The number of ether oxygens (including phenoxy) is 1. The van der Waals surface area contributed by atoms with Gasteiger partial charge in [-0.25, -0.2) is 8.42 Å². The van der Waals surface area contributed by atoms with Gasteiger partial charge < -0.3 is 10.1 Å². The highest BCUT2D eigenvalue weighted by atomic mass is 32.2. The van der Waals surface area contributed by atoms with Crippen molar-refractivity contribution >= 4 is 33.4 Å². The fourth-order valence-corrected chi connectivity index (χ4v) is 5.19. The Kier molecular flexibility index (Phi) is 7.95. The minimum absolute atomic E-state index is 0.0816. The molecular weight excluding hydrogens is 444 g/mol. The molecule has 2 N–H and O–H groups in total. The average molecular weight is 471 g/mol. The zero-order valence-corrected chi connectivity index (χ0v) is 19.8. The Morgan fingerprint density at radius 1 is 1.03 bits per heavy atom. The summed E-state index contributed by atoms with van der Waals surface area (Å²) in [5.41, 5.74) is 1.33. The summed E-state index contributed by atoms with van der Waals surface area (Å²) in [5, 5.41) is 2.84. The van der Waals surface area contributed by atoms with Gasteiger partial charge in [0.2, 0.25) is 15.9 Å². The molecule has 6 nitrogen and oxygen atoms in total. The molecule has 0 fully saturated rings. The van der Waals surface area contributed by atoms with E-state index in [-0.39, 0.29) is 4.90 Å². The Bertz CT molecular complexity index is 1180. The molecule has 0 heterocycles.